The lowest BCUT2D eigenvalue weighted by Gasteiger charge is -2.28. The van der Waals surface area contributed by atoms with Gasteiger partial charge in [0, 0.05) is 13.0 Å². The van der Waals surface area contributed by atoms with Crippen LogP contribution in [0.3, 0.4) is 0 Å². The van der Waals surface area contributed by atoms with Crippen LogP contribution in [0.2, 0.25) is 0 Å². The molecule has 162 valence electrons. The van der Waals surface area contributed by atoms with E-state index in [2.05, 4.69) is 17.0 Å². The minimum Gasteiger partial charge on any atom is -0.469 e. The summed E-state index contributed by atoms with van der Waals surface area (Å²) in [7, 11) is 1.38. The quantitative estimate of drug-likeness (QED) is 0.250. The molecule has 1 aliphatic rings. The van der Waals surface area contributed by atoms with Gasteiger partial charge in [-0.3, -0.25) is 14.9 Å². The highest BCUT2D eigenvalue weighted by molar-refractivity contribution is 6.04. The van der Waals surface area contributed by atoms with Gasteiger partial charge in [-0.25, -0.2) is 4.79 Å². The molecule has 1 saturated heterocycles. The van der Waals surface area contributed by atoms with Gasteiger partial charge < -0.3 is 14.7 Å². The fourth-order valence-corrected chi connectivity index (χ4v) is 3.57. The summed E-state index contributed by atoms with van der Waals surface area (Å²) >= 11 is 0. The second kappa shape index (κ2) is 12.8. The SMILES string of the molecule is CCCCCCC(C)(O)CCN1C(=O)NC(=O)C1CCCCCCC(=O)OC. The van der Waals surface area contributed by atoms with Crippen molar-refractivity contribution in [2.75, 3.05) is 13.7 Å². The first-order valence-electron chi connectivity index (χ1n) is 10.7. The number of rotatable bonds is 15. The van der Waals surface area contributed by atoms with Gasteiger partial charge in [-0.2, -0.15) is 0 Å². The maximum absolute atomic E-state index is 12.1. The summed E-state index contributed by atoms with van der Waals surface area (Å²) in [4.78, 5) is 36.9. The van der Waals surface area contributed by atoms with Crippen LogP contribution >= 0.6 is 0 Å². The van der Waals surface area contributed by atoms with E-state index in [4.69, 9.17) is 0 Å². The molecule has 0 aromatic carbocycles. The highest BCUT2D eigenvalue weighted by Gasteiger charge is 2.38. The Morgan fingerprint density at radius 1 is 1.11 bits per heavy atom. The van der Waals surface area contributed by atoms with E-state index >= 15 is 0 Å². The van der Waals surface area contributed by atoms with Crippen LogP contribution < -0.4 is 5.32 Å². The van der Waals surface area contributed by atoms with Crippen molar-refractivity contribution in [3.8, 4) is 0 Å². The number of urea groups is 1. The van der Waals surface area contributed by atoms with E-state index in [1.54, 1.807) is 4.90 Å². The zero-order chi connectivity index (χ0) is 21.0. The molecule has 2 unspecified atom stereocenters. The first-order chi connectivity index (χ1) is 13.3. The molecule has 1 aliphatic heterocycles. The molecule has 1 rings (SSSR count). The van der Waals surface area contributed by atoms with Crippen LogP contribution in [-0.2, 0) is 14.3 Å². The summed E-state index contributed by atoms with van der Waals surface area (Å²) in [6.45, 7) is 4.34. The number of unbranched alkanes of at least 4 members (excludes halogenated alkanes) is 6. The van der Waals surface area contributed by atoms with Crippen LogP contribution in [0.25, 0.3) is 0 Å². The third-order valence-electron chi connectivity index (χ3n) is 5.47. The molecule has 0 aromatic heterocycles. The van der Waals surface area contributed by atoms with Crippen LogP contribution in [0.1, 0.15) is 90.9 Å². The Hall–Kier alpha value is -1.63. The van der Waals surface area contributed by atoms with Gasteiger partial charge in [-0.1, -0.05) is 51.9 Å². The molecule has 28 heavy (non-hydrogen) atoms. The minimum absolute atomic E-state index is 0.200. The third-order valence-corrected chi connectivity index (χ3v) is 5.47. The number of hydrogen-bond acceptors (Lipinski definition) is 5. The Balaban J connectivity index is 2.36. The number of carbonyl (C=O) groups excluding carboxylic acids is 3. The van der Waals surface area contributed by atoms with Gasteiger partial charge in [-0.05, 0) is 32.6 Å². The third kappa shape index (κ3) is 9.04. The molecule has 2 atom stereocenters. The lowest BCUT2D eigenvalue weighted by molar-refractivity contribution is -0.140. The Morgan fingerprint density at radius 3 is 2.46 bits per heavy atom. The van der Waals surface area contributed by atoms with Gasteiger partial charge in [0.1, 0.15) is 6.04 Å². The molecule has 1 fully saturated rings. The van der Waals surface area contributed by atoms with E-state index in [9.17, 15) is 19.5 Å². The van der Waals surface area contributed by atoms with Gasteiger partial charge in [-0.15, -0.1) is 0 Å². The van der Waals surface area contributed by atoms with Crippen LogP contribution in [-0.4, -0.2) is 53.2 Å². The van der Waals surface area contributed by atoms with E-state index in [0.717, 1.165) is 44.9 Å². The van der Waals surface area contributed by atoms with Crippen LogP contribution in [0.5, 0.6) is 0 Å². The second-order valence-corrected chi connectivity index (χ2v) is 8.09. The number of nitrogens with one attached hydrogen (secondary N) is 1. The molecule has 0 aromatic rings. The maximum Gasteiger partial charge on any atom is 0.324 e. The van der Waals surface area contributed by atoms with Crippen molar-refractivity contribution < 1.29 is 24.2 Å². The first kappa shape index (κ1) is 24.4. The van der Waals surface area contributed by atoms with Gasteiger partial charge in [0.2, 0.25) is 0 Å². The van der Waals surface area contributed by atoms with Crippen molar-refractivity contribution in [2.45, 2.75) is 103 Å². The number of nitrogens with zero attached hydrogens (tertiary/aromatic N) is 1. The Bertz CT molecular complexity index is 507. The van der Waals surface area contributed by atoms with Crippen molar-refractivity contribution in [3.63, 3.8) is 0 Å². The average molecular weight is 399 g/mol. The smallest absolute Gasteiger partial charge is 0.324 e. The summed E-state index contributed by atoms with van der Waals surface area (Å²) in [6, 6.07) is -0.813. The van der Waals surface area contributed by atoms with E-state index in [1.807, 2.05) is 6.92 Å². The highest BCUT2D eigenvalue weighted by Crippen LogP contribution is 2.23. The van der Waals surface area contributed by atoms with E-state index in [-0.39, 0.29) is 17.9 Å². The average Bonchev–Trinajstić information content (AvgIpc) is 2.92. The molecule has 0 radical (unpaired) electrons. The molecule has 2 N–H and O–H groups in total. The summed E-state index contributed by atoms with van der Waals surface area (Å²) in [5, 5.41) is 13.0. The number of amides is 3. The maximum atomic E-state index is 12.1. The van der Waals surface area contributed by atoms with Gasteiger partial charge >= 0.3 is 12.0 Å². The van der Waals surface area contributed by atoms with E-state index in [0.29, 0.717) is 32.2 Å². The molecule has 0 bridgehead atoms. The van der Waals surface area contributed by atoms with Crippen LogP contribution in [0, 0.1) is 0 Å². The van der Waals surface area contributed by atoms with E-state index in [1.165, 1.54) is 13.5 Å². The lowest BCUT2D eigenvalue weighted by Crippen LogP contribution is -2.39. The number of carbonyl (C=O) groups is 3. The zero-order valence-corrected chi connectivity index (χ0v) is 17.8. The predicted molar refractivity (Wildman–Crippen MR) is 108 cm³/mol. The summed E-state index contributed by atoms with van der Waals surface area (Å²) < 4.78 is 4.61. The molecular weight excluding hydrogens is 360 g/mol. The molecule has 0 aliphatic carbocycles. The number of imide groups is 1. The summed E-state index contributed by atoms with van der Waals surface area (Å²) in [5.74, 6) is -0.448. The van der Waals surface area contributed by atoms with Crippen molar-refractivity contribution in [2.24, 2.45) is 0 Å². The standard InChI is InChI=1S/C21H38N2O5/c1-4-5-6-11-14-21(2,27)15-16-23-17(19(25)22-20(23)26)12-9-7-8-10-13-18(24)28-3/h17,27H,4-16H2,1-3H3,(H,22,25,26). The topological polar surface area (TPSA) is 95.9 Å². The first-order valence-corrected chi connectivity index (χ1v) is 10.7. The van der Waals surface area contributed by atoms with Gasteiger partial charge in [0.05, 0.1) is 12.7 Å². The van der Waals surface area contributed by atoms with Crippen molar-refractivity contribution in [1.82, 2.24) is 10.2 Å². The molecule has 0 spiro atoms. The van der Waals surface area contributed by atoms with Crippen LogP contribution in [0.4, 0.5) is 4.79 Å². The summed E-state index contributed by atoms with van der Waals surface area (Å²) in [6.07, 6.45) is 9.98. The fraction of sp³-hybridized carbons (Fsp3) is 0.857. The lowest BCUT2D eigenvalue weighted by atomic mass is 9.94. The number of hydrogen-bond donors (Lipinski definition) is 2. The molecule has 3 amide bonds. The molecule has 7 nitrogen and oxygen atoms in total. The second-order valence-electron chi connectivity index (χ2n) is 8.09. The number of aliphatic hydroxyl groups is 1. The fourth-order valence-electron chi connectivity index (χ4n) is 3.57. The molecule has 7 heteroatoms. The van der Waals surface area contributed by atoms with Crippen molar-refractivity contribution in [1.29, 1.82) is 0 Å². The van der Waals surface area contributed by atoms with Gasteiger partial charge in [0.15, 0.2) is 0 Å². The molecular formula is C21H38N2O5. The number of esters is 1. The highest BCUT2D eigenvalue weighted by atomic mass is 16.5. The van der Waals surface area contributed by atoms with Crippen molar-refractivity contribution in [3.05, 3.63) is 0 Å². The van der Waals surface area contributed by atoms with Gasteiger partial charge in [0.25, 0.3) is 5.91 Å². The Labute approximate surface area is 169 Å². The largest absolute Gasteiger partial charge is 0.469 e. The monoisotopic (exact) mass is 398 g/mol. The number of methoxy groups -OCH3 is 1. The van der Waals surface area contributed by atoms with Crippen molar-refractivity contribution >= 4 is 17.9 Å². The Morgan fingerprint density at radius 2 is 1.79 bits per heavy atom. The summed E-state index contributed by atoms with van der Waals surface area (Å²) in [5.41, 5.74) is -0.821. The Kier molecular flexibility index (Phi) is 11.1. The normalized spacial score (nSPS) is 18.9. The molecule has 0 saturated carbocycles. The van der Waals surface area contributed by atoms with Crippen LogP contribution in [0.15, 0.2) is 0 Å². The van der Waals surface area contributed by atoms with E-state index < -0.39 is 11.6 Å². The molecule has 1 heterocycles. The predicted octanol–water partition coefficient (Wildman–Crippen LogP) is 3.53. The minimum atomic E-state index is -0.821. The zero-order valence-electron chi connectivity index (χ0n) is 17.8. The number of ether oxygens (including phenoxy) is 1.